The molecule has 0 saturated heterocycles. The zero-order valence-electron chi connectivity index (χ0n) is 26.6. The lowest BCUT2D eigenvalue weighted by Gasteiger charge is -2.16. The van der Waals surface area contributed by atoms with Crippen LogP contribution in [0.25, 0.3) is 0 Å². The minimum atomic E-state index is -0.763. The highest BCUT2D eigenvalue weighted by molar-refractivity contribution is 7.11. The number of thiophene rings is 1. The molecular weight excluding hydrogens is 526 g/mol. The Hall–Kier alpha value is -2.87. The summed E-state index contributed by atoms with van der Waals surface area (Å²) in [5.74, 6) is -0.687. The van der Waals surface area contributed by atoms with Crippen molar-refractivity contribution < 1.29 is 23.8 Å². The first-order valence-electron chi connectivity index (χ1n) is 14.1. The Labute approximate surface area is 246 Å². The Balaban J connectivity index is 0. The van der Waals surface area contributed by atoms with E-state index < -0.39 is 11.4 Å². The van der Waals surface area contributed by atoms with Crippen molar-refractivity contribution in [2.75, 3.05) is 14.2 Å². The van der Waals surface area contributed by atoms with Gasteiger partial charge in [-0.05, 0) is 55.9 Å². The zero-order valence-corrected chi connectivity index (χ0v) is 27.4. The summed E-state index contributed by atoms with van der Waals surface area (Å²) in [5, 5.41) is 12.8. The molecule has 0 amide bonds. The summed E-state index contributed by atoms with van der Waals surface area (Å²) in [4.78, 5) is 35.8. The van der Waals surface area contributed by atoms with Crippen LogP contribution in [0.15, 0.2) is 39.7 Å². The minimum absolute atomic E-state index is 0.0201. The van der Waals surface area contributed by atoms with Crippen molar-refractivity contribution in [2.24, 2.45) is 11.3 Å². The van der Waals surface area contributed by atoms with Gasteiger partial charge in [0.05, 0.1) is 7.11 Å². The van der Waals surface area contributed by atoms with Gasteiger partial charge in [-0.3, -0.25) is 9.59 Å². The summed E-state index contributed by atoms with van der Waals surface area (Å²) < 4.78 is 9.06. The molecule has 2 aromatic heterocycles. The van der Waals surface area contributed by atoms with Gasteiger partial charge in [0.1, 0.15) is 17.1 Å². The summed E-state index contributed by atoms with van der Waals surface area (Å²) in [6, 6.07) is 5.93. The molecule has 40 heavy (non-hydrogen) atoms. The molecule has 2 rings (SSSR count). The SMILES string of the molecule is CC.CCc1ccc(CCC(C)(C)C)s1.CN/C=C/CCC(C)c1cc(O)c(C(=O)C(C)C)c(=O)o1.COC=O. The first-order chi connectivity index (χ1) is 18.8. The number of hydrogen-bond acceptors (Lipinski definition) is 8. The van der Waals surface area contributed by atoms with E-state index in [1.165, 1.54) is 37.3 Å². The lowest BCUT2D eigenvalue weighted by atomic mass is 9.90. The van der Waals surface area contributed by atoms with E-state index in [2.05, 4.69) is 49.9 Å². The normalized spacial score (nSPS) is 11.3. The summed E-state index contributed by atoms with van der Waals surface area (Å²) in [6.45, 7) is 18.8. The molecule has 0 radical (unpaired) electrons. The highest BCUT2D eigenvalue weighted by Crippen LogP contribution is 2.26. The Morgan fingerprint density at radius 3 is 2.17 bits per heavy atom. The number of rotatable bonds is 11. The van der Waals surface area contributed by atoms with Crippen molar-refractivity contribution in [3.63, 3.8) is 0 Å². The van der Waals surface area contributed by atoms with Gasteiger partial charge >= 0.3 is 5.63 Å². The first-order valence-corrected chi connectivity index (χ1v) is 14.9. The van der Waals surface area contributed by atoms with Crippen molar-refractivity contribution >= 4 is 23.6 Å². The molecule has 2 aromatic rings. The molecule has 2 heterocycles. The van der Waals surface area contributed by atoms with Crippen LogP contribution in [0.4, 0.5) is 0 Å². The molecule has 0 bridgehead atoms. The Kier molecular flexibility index (Phi) is 21.5. The van der Waals surface area contributed by atoms with Crippen molar-refractivity contribution in [1.82, 2.24) is 5.32 Å². The van der Waals surface area contributed by atoms with E-state index in [9.17, 15) is 14.7 Å². The quantitative estimate of drug-likeness (QED) is 0.206. The molecule has 0 aliphatic rings. The van der Waals surface area contributed by atoms with Crippen LogP contribution in [0.1, 0.15) is 113 Å². The number of carbonyl (C=O) groups excluding carboxylic acids is 2. The van der Waals surface area contributed by atoms with Crippen LogP contribution in [0.5, 0.6) is 5.75 Å². The van der Waals surface area contributed by atoms with E-state index in [4.69, 9.17) is 9.21 Å². The van der Waals surface area contributed by atoms with E-state index in [0.717, 1.165) is 12.8 Å². The standard InChI is InChI=1S/C16H23NO4.C12H20S.C2H4O2.C2H6/c1-10(2)15(19)14-12(18)9-13(21-16(14)20)11(3)7-5-6-8-17-4;1-5-10-6-7-11(13-10)8-9-12(2,3)4;1-4-2-3;1-2/h6,8-11,17-18H,5,7H2,1-4H3;6-7H,5,8-9H2,1-4H3;2H,1H3;1-2H3/b8-6+;;;. The van der Waals surface area contributed by atoms with Gasteiger partial charge in [0.2, 0.25) is 0 Å². The maximum Gasteiger partial charge on any atom is 0.350 e. The van der Waals surface area contributed by atoms with Gasteiger partial charge in [0.25, 0.3) is 6.47 Å². The molecule has 1 atom stereocenters. The lowest BCUT2D eigenvalue weighted by Crippen LogP contribution is -2.19. The lowest BCUT2D eigenvalue weighted by molar-refractivity contribution is -0.126. The second kappa shape index (κ2) is 21.9. The number of carbonyl (C=O) groups is 2. The molecule has 0 spiro atoms. The second-order valence-electron chi connectivity index (χ2n) is 10.5. The third-order valence-corrected chi connectivity index (χ3v) is 6.83. The van der Waals surface area contributed by atoms with Crippen LogP contribution in [-0.4, -0.2) is 31.5 Å². The van der Waals surface area contributed by atoms with Crippen molar-refractivity contribution in [2.45, 2.75) is 100 Å². The average molecular weight is 580 g/mol. The van der Waals surface area contributed by atoms with Crippen LogP contribution in [-0.2, 0) is 22.4 Å². The summed E-state index contributed by atoms with van der Waals surface area (Å²) >= 11 is 1.97. The van der Waals surface area contributed by atoms with E-state index in [1.807, 2.05) is 51.4 Å². The van der Waals surface area contributed by atoms with Crippen molar-refractivity contribution in [1.29, 1.82) is 0 Å². The van der Waals surface area contributed by atoms with Gasteiger partial charge in [-0.15, -0.1) is 11.3 Å². The third-order valence-electron chi connectivity index (χ3n) is 5.54. The topological polar surface area (TPSA) is 106 Å². The summed E-state index contributed by atoms with van der Waals surface area (Å²) in [7, 11) is 3.13. The molecule has 2 N–H and O–H groups in total. The van der Waals surface area contributed by atoms with Crippen molar-refractivity contribution in [3.8, 4) is 5.75 Å². The van der Waals surface area contributed by atoms with E-state index in [-0.39, 0.29) is 23.1 Å². The maximum absolute atomic E-state index is 11.9. The fourth-order valence-corrected chi connectivity index (χ4v) is 4.15. The van der Waals surface area contributed by atoms with Crippen LogP contribution in [0.3, 0.4) is 0 Å². The van der Waals surface area contributed by atoms with Crippen LogP contribution in [0.2, 0.25) is 0 Å². The Morgan fingerprint density at radius 1 is 1.18 bits per heavy atom. The highest BCUT2D eigenvalue weighted by Gasteiger charge is 2.22. The molecule has 8 heteroatoms. The minimum Gasteiger partial charge on any atom is -0.507 e. The molecule has 1 unspecified atom stereocenters. The molecule has 0 fully saturated rings. The fraction of sp³-hybridized carbons (Fsp3) is 0.594. The zero-order chi connectivity index (χ0) is 31.3. The average Bonchev–Trinajstić information content (AvgIpc) is 3.39. The van der Waals surface area contributed by atoms with Crippen molar-refractivity contribution in [3.05, 3.63) is 62.0 Å². The third kappa shape index (κ3) is 17.0. The van der Waals surface area contributed by atoms with Gasteiger partial charge in [0.15, 0.2) is 5.78 Å². The number of Topliss-reactive ketones (excluding diaryl/α,β-unsaturated/α-hetero) is 1. The summed E-state index contributed by atoms with van der Waals surface area (Å²) in [6.07, 6.45) is 9.12. The number of hydrogen-bond donors (Lipinski definition) is 2. The predicted molar refractivity (Wildman–Crippen MR) is 168 cm³/mol. The first kappa shape index (κ1) is 39.3. The number of nitrogens with one attached hydrogen (secondary N) is 1. The maximum atomic E-state index is 11.9. The molecule has 7 nitrogen and oxygen atoms in total. The highest BCUT2D eigenvalue weighted by atomic mass is 32.1. The van der Waals surface area contributed by atoms with Gasteiger partial charge in [-0.2, -0.15) is 0 Å². The second-order valence-corrected chi connectivity index (χ2v) is 11.8. The smallest absolute Gasteiger partial charge is 0.350 e. The van der Waals surface area contributed by atoms with Gasteiger partial charge < -0.3 is 19.6 Å². The molecular formula is C32H53NO6S. The molecule has 228 valence electrons. The monoisotopic (exact) mass is 579 g/mol. The van der Waals surface area contributed by atoms with Gasteiger partial charge in [-0.25, -0.2) is 4.79 Å². The van der Waals surface area contributed by atoms with E-state index >= 15 is 0 Å². The largest absolute Gasteiger partial charge is 0.507 e. The van der Waals surface area contributed by atoms with Crippen LogP contribution >= 0.6 is 11.3 Å². The molecule has 0 aliphatic carbocycles. The van der Waals surface area contributed by atoms with Crippen LogP contribution in [0, 0.1) is 11.3 Å². The molecule has 0 aromatic carbocycles. The predicted octanol–water partition coefficient (Wildman–Crippen LogP) is 7.91. The molecule has 0 saturated carbocycles. The number of ether oxygens (including phenoxy) is 1. The number of aromatic hydroxyl groups is 1. The number of allylic oxidation sites excluding steroid dienone is 1. The van der Waals surface area contributed by atoms with Gasteiger partial charge in [-0.1, -0.05) is 68.4 Å². The van der Waals surface area contributed by atoms with E-state index in [0.29, 0.717) is 17.6 Å². The van der Waals surface area contributed by atoms with Gasteiger partial charge in [0, 0.05) is 34.7 Å². The molecule has 0 aliphatic heterocycles. The van der Waals surface area contributed by atoms with Crippen LogP contribution < -0.4 is 10.9 Å². The Bertz CT molecular complexity index is 1050. The van der Waals surface area contributed by atoms with E-state index in [1.54, 1.807) is 18.7 Å². The fourth-order valence-electron chi connectivity index (χ4n) is 3.19. The number of aryl methyl sites for hydroxylation is 2. The summed E-state index contributed by atoms with van der Waals surface area (Å²) in [5.41, 5.74) is -0.548. The number of ketones is 1. The Morgan fingerprint density at radius 2 is 1.75 bits per heavy atom. The number of methoxy groups -OCH3 is 1.